The van der Waals surface area contributed by atoms with Crippen molar-refractivity contribution >= 4 is 12.4 Å². The molecule has 3 nitrogen and oxygen atoms in total. The first-order valence-electron chi connectivity index (χ1n) is 7.71. The quantitative estimate of drug-likeness (QED) is 0.896. The largest absolute Gasteiger partial charge is 0.416 e. The Hall–Kier alpha value is -1.63. The van der Waals surface area contributed by atoms with Gasteiger partial charge in [-0.2, -0.15) is 13.2 Å². The van der Waals surface area contributed by atoms with Gasteiger partial charge in [-0.3, -0.25) is 4.98 Å². The van der Waals surface area contributed by atoms with Gasteiger partial charge in [-0.25, -0.2) is 0 Å². The van der Waals surface area contributed by atoms with Crippen molar-refractivity contribution in [3.8, 4) is 0 Å². The zero-order valence-corrected chi connectivity index (χ0v) is 14.7. The third kappa shape index (κ3) is 3.52. The van der Waals surface area contributed by atoms with Crippen LogP contribution in [0.25, 0.3) is 0 Å². The molecule has 1 aliphatic rings. The summed E-state index contributed by atoms with van der Waals surface area (Å²) >= 11 is 0. The lowest BCUT2D eigenvalue weighted by Crippen LogP contribution is -2.38. The molecule has 25 heavy (non-hydrogen) atoms. The first-order valence-corrected chi connectivity index (χ1v) is 7.71. The van der Waals surface area contributed by atoms with E-state index in [0.29, 0.717) is 29.7 Å². The average molecular weight is 373 g/mol. The molecule has 1 aromatic heterocycles. The van der Waals surface area contributed by atoms with Crippen molar-refractivity contribution in [1.82, 2.24) is 9.88 Å². The highest BCUT2D eigenvalue weighted by molar-refractivity contribution is 5.85. The Balaban J connectivity index is 0.00000225. The van der Waals surface area contributed by atoms with Crippen LogP contribution in [0.5, 0.6) is 0 Å². The van der Waals surface area contributed by atoms with Crippen molar-refractivity contribution in [2.24, 2.45) is 5.92 Å². The van der Waals surface area contributed by atoms with E-state index in [4.69, 9.17) is 0 Å². The number of alkyl halides is 3. The number of aliphatic hydroxyl groups is 1. The van der Waals surface area contributed by atoms with Crippen molar-refractivity contribution in [3.63, 3.8) is 0 Å². The third-order valence-electron chi connectivity index (χ3n) is 4.59. The average Bonchev–Trinajstić information content (AvgIpc) is 2.80. The van der Waals surface area contributed by atoms with E-state index in [1.165, 1.54) is 6.07 Å². The predicted molar refractivity (Wildman–Crippen MR) is 91.7 cm³/mol. The fourth-order valence-corrected chi connectivity index (χ4v) is 3.56. The number of aromatic nitrogens is 1. The monoisotopic (exact) mass is 372 g/mol. The highest BCUT2D eigenvalue weighted by Gasteiger charge is 2.47. The van der Waals surface area contributed by atoms with Gasteiger partial charge in [0.2, 0.25) is 0 Å². The molecule has 2 aromatic rings. The normalized spacial score (nSPS) is 22.6. The van der Waals surface area contributed by atoms with Gasteiger partial charge in [0.25, 0.3) is 0 Å². The summed E-state index contributed by atoms with van der Waals surface area (Å²) in [7, 11) is 3.77. The Morgan fingerprint density at radius 3 is 2.56 bits per heavy atom. The van der Waals surface area contributed by atoms with Gasteiger partial charge >= 0.3 is 6.18 Å². The number of hydrogen-bond acceptors (Lipinski definition) is 3. The summed E-state index contributed by atoms with van der Waals surface area (Å²) in [6.07, 6.45) is -0.810. The number of nitrogens with zero attached hydrogens (tertiary/aromatic N) is 2. The maximum atomic E-state index is 13.0. The van der Waals surface area contributed by atoms with Gasteiger partial charge in [0, 0.05) is 30.4 Å². The summed E-state index contributed by atoms with van der Waals surface area (Å²) in [6.45, 7) is 0.557. The van der Waals surface area contributed by atoms with Gasteiger partial charge in [-0.15, -0.1) is 12.4 Å². The van der Waals surface area contributed by atoms with Gasteiger partial charge in [0.05, 0.1) is 5.56 Å². The van der Waals surface area contributed by atoms with E-state index in [-0.39, 0.29) is 18.3 Å². The second kappa shape index (κ2) is 6.94. The molecule has 0 spiro atoms. The van der Waals surface area contributed by atoms with Crippen LogP contribution in [-0.2, 0) is 18.2 Å². The SMILES string of the molecule is CN(C)CC1Cc2cc(C(F)(F)F)ccc2C1(O)c1cccnc1.Cl. The van der Waals surface area contributed by atoms with Crippen molar-refractivity contribution < 1.29 is 18.3 Å². The van der Waals surface area contributed by atoms with Crippen LogP contribution in [-0.4, -0.2) is 35.6 Å². The standard InChI is InChI=1S/C18H19F3N2O.ClH/c1-23(2)11-15-9-12-8-13(18(19,20)21)5-6-16(12)17(15,24)14-4-3-7-22-10-14;/h3-8,10,15,24H,9,11H2,1-2H3;1H. The van der Waals surface area contributed by atoms with E-state index in [0.717, 1.165) is 12.1 Å². The zero-order chi connectivity index (χ0) is 17.5. The minimum Gasteiger partial charge on any atom is -0.380 e. The van der Waals surface area contributed by atoms with Crippen LogP contribution in [0.4, 0.5) is 13.2 Å². The molecule has 0 fully saturated rings. The third-order valence-corrected chi connectivity index (χ3v) is 4.59. The molecule has 2 unspecified atom stereocenters. The molecule has 1 aliphatic carbocycles. The lowest BCUT2D eigenvalue weighted by Gasteiger charge is -2.33. The number of rotatable bonds is 3. The Morgan fingerprint density at radius 2 is 2.00 bits per heavy atom. The molecule has 0 radical (unpaired) electrons. The lowest BCUT2D eigenvalue weighted by atomic mass is 9.81. The summed E-state index contributed by atoms with van der Waals surface area (Å²) in [4.78, 5) is 6.00. The number of halogens is 4. The molecule has 0 bridgehead atoms. The van der Waals surface area contributed by atoms with Crippen LogP contribution in [0.3, 0.4) is 0 Å². The van der Waals surface area contributed by atoms with E-state index >= 15 is 0 Å². The molecule has 0 amide bonds. The molecule has 1 N–H and O–H groups in total. The predicted octanol–water partition coefficient (Wildman–Crippen LogP) is 3.49. The van der Waals surface area contributed by atoms with Crippen molar-refractivity contribution in [3.05, 3.63) is 65.0 Å². The number of pyridine rings is 1. The summed E-state index contributed by atoms with van der Waals surface area (Å²) < 4.78 is 39.0. The molecule has 0 saturated heterocycles. The van der Waals surface area contributed by atoms with E-state index in [1.54, 1.807) is 24.5 Å². The first-order chi connectivity index (χ1) is 11.2. The highest BCUT2D eigenvalue weighted by atomic mass is 35.5. The molecule has 0 saturated carbocycles. The topological polar surface area (TPSA) is 36.4 Å². The van der Waals surface area contributed by atoms with Crippen molar-refractivity contribution in [2.75, 3.05) is 20.6 Å². The molecule has 0 aliphatic heterocycles. The van der Waals surface area contributed by atoms with Gasteiger partial charge in [0.1, 0.15) is 5.60 Å². The second-order valence-corrected chi connectivity index (χ2v) is 6.54. The van der Waals surface area contributed by atoms with E-state index in [9.17, 15) is 18.3 Å². The lowest BCUT2D eigenvalue weighted by molar-refractivity contribution is -0.137. The maximum absolute atomic E-state index is 13.0. The first kappa shape index (κ1) is 19.7. The van der Waals surface area contributed by atoms with E-state index in [1.807, 2.05) is 19.0 Å². The van der Waals surface area contributed by atoms with E-state index < -0.39 is 17.3 Å². The molecule has 7 heteroatoms. The fraction of sp³-hybridized carbons (Fsp3) is 0.389. The van der Waals surface area contributed by atoms with Crippen LogP contribution in [0.15, 0.2) is 42.7 Å². The highest BCUT2D eigenvalue weighted by Crippen LogP contribution is 2.47. The minimum absolute atomic E-state index is 0. The van der Waals surface area contributed by atoms with Gasteiger partial charge in [-0.1, -0.05) is 12.1 Å². The molecular weight excluding hydrogens is 353 g/mol. The molecular formula is C18H20ClF3N2O. The number of hydrogen-bond donors (Lipinski definition) is 1. The maximum Gasteiger partial charge on any atom is 0.416 e. The summed E-state index contributed by atoms with van der Waals surface area (Å²) in [6, 6.07) is 7.09. The minimum atomic E-state index is -4.39. The Bertz CT molecular complexity index is 737. The van der Waals surface area contributed by atoms with Crippen molar-refractivity contribution in [2.45, 2.75) is 18.2 Å². The van der Waals surface area contributed by atoms with Gasteiger partial charge in [-0.05, 0) is 49.8 Å². The van der Waals surface area contributed by atoms with E-state index in [2.05, 4.69) is 4.98 Å². The van der Waals surface area contributed by atoms with Gasteiger partial charge in [0.15, 0.2) is 0 Å². The molecule has 3 rings (SSSR count). The molecule has 1 heterocycles. The van der Waals surface area contributed by atoms with Crippen molar-refractivity contribution in [1.29, 1.82) is 0 Å². The summed E-state index contributed by atoms with van der Waals surface area (Å²) in [5.41, 5.74) is -0.327. The number of fused-ring (bicyclic) bond motifs is 1. The van der Waals surface area contributed by atoms with Crippen LogP contribution >= 0.6 is 12.4 Å². The van der Waals surface area contributed by atoms with Gasteiger partial charge < -0.3 is 10.0 Å². The summed E-state index contributed by atoms with van der Waals surface area (Å²) in [5.74, 6) is -0.241. The van der Waals surface area contributed by atoms with Crippen LogP contribution < -0.4 is 0 Å². The molecule has 1 aromatic carbocycles. The second-order valence-electron chi connectivity index (χ2n) is 6.54. The zero-order valence-electron chi connectivity index (χ0n) is 13.9. The smallest absolute Gasteiger partial charge is 0.380 e. The molecule has 136 valence electrons. The Kier molecular flexibility index (Phi) is 5.47. The summed E-state index contributed by atoms with van der Waals surface area (Å²) in [5, 5.41) is 11.5. The van der Waals surface area contributed by atoms with Crippen LogP contribution in [0, 0.1) is 5.92 Å². The fourth-order valence-electron chi connectivity index (χ4n) is 3.56. The molecule has 2 atom stereocenters. The number of benzene rings is 1. The van der Waals surface area contributed by atoms with Crippen LogP contribution in [0.2, 0.25) is 0 Å². The Morgan fingerprint density at radius 1 is 1.28 bits per heavy atom. The Labute approximate surface area is 150 Å². The van der Waals surface area contributed by atoms with Crippen LogP contribution in [0.1, 0.15) is 22.3 Å².